The number of piperidine rings is 1. The standard InChI is InChI=1S/C20H24N2OS.ClH/c1-13(21)16-6-4-10-22(12-16)20(23)18-11-15-9-8-14-5-2-3-7-17(14)19(15)24-18;/h2-3,5,7,11,13,16H,4,6,8-10,12,21H2,1H3;1H. The zero-order chi connectivity index (χ0) is 16.7. The van der Waals surface area contributed by atoms with Crippen LogP contribution in [0.25, 0.3) is 10.4 Å². The second kappa shape index (κ2) is 7.48. The number of carbonyl (C=O) groups is 1. The van der Waals surface area contributed by atoms with Crippen molar-refractivity contribution in [1.29, 1.82) is 0 Å². The van der Waals surface area contributed by atoms with Gasteiger partial charge in [0.15, 0.2) is 0 Å². The van der Waals surface area contributed by atoms with E-state index in [0.717, 1.165) is 43.6 Å². The van der Waals surface area contributed by atoms with Crippen LogP contribution in [0.2, 0.25) is 0 Å². The lowest BCUT2D eigenvalue weighted by atomic mass is 9.91. The molecule has 1 amide bonds. The van der Waals surface area contributed by atoms with Crippen LogP contribution in [0.1, 0.15) is 40.6 Å². The first-order valence-corrected chi connectivity index (χ1v) is 9.71. The lowest BCUT2D eigenvalue weighted by Crippen LogP contribution is -2.44. The highest BCUT2D eigenvalue weighted by atomic mass is 35.5. The molecule has 0 saturated carbocycles. The van der Waals surface area contributed by atoms with E-state index in [1.165, 1.54) is 21.6 Å². The highest BCUT2D eigenvalue weighted by Crippen LogP contribution is 2.40. The van der Waals surface area contributed by atoms with E-state index < -0.39 is 0 Å². The summed E-state index contributed by atoms with van der Waals surface area (Å²) in [5.41, 5.74) is 10.1. The molecule has 1 fully saturated rings. The number of fused-ring (bicyclic) bond motifs is 3. The van der Waals surface area contributed by atoms with E-state index in [-0.39, 0.29) is 24.4 Å². The molecule has 2 N–H and O–H groups in total. The number of rotatable bonds is 2. The highest BCUT2D eigenvalue weighted by Gasteiger charge is 2.29. The van der Waals surface area contributed by atoms with Crippen molar-refractivity contribution < 1.29 is 4.79 Å². The molecule has 3 nitrogen and oxygen atoms in total. The normalized spacial score (nSPS) is 20.2. The average Bonchev–Trinajstić information content (AvgIpc) is 3.06. The van der Waals surface area contributed by atoms with Crippen LogP contribution in [0.4, 0.5) is 0 Å². The van der Waals surface area contributed by atoms with Gasteiger partial charge in [0.1, 0.15) is 0 Å². The molecular weight excluding hydrogens is 352 g/mol. The van der Waals surface area contributed by atoms with E-state index in [2.05, 4.69) is 37.3 Å². The van der Waals surface area contributed by atoms with Crippen LogP contribution in [0.5, 0.6) is 0 Å². The number of likely N-dealkylation sites (tertiary alicyclic amines) is 1. The summed E-state index contributed by atoms with van der Waals surface area (Å²) in [4.78, 5) is 17.2. The summed E-state index contributed by atoms with van der Waals surface area (Å²) < 4.78 is 0. The van der Waals surface area contributed by atoms with Gasteiger partial charge in [-0.2, -0.15) is 0 Å². The molecule has 1 aliphatic carbocycles. The maximum atomic E-state index is 13.0. The van der Waals surface area contributed by atoms with Gasteiger partial charge in [0.25, 0.3) is 5.91 Å². The van der Waals surface area contributed by atoms with Crippen molar-refractivity contribution in [2.75, 3.05) is 13.1 Å². The number of aryl methyl sites for hydroxylation is 2. The van der Waals surface area contributed by atoms with Crippen LogP contribution >= 0.6 is 23.7 Å². The Morgan fingerprint density at radius 3 is 2.84 bits per heavy atom. The number of carbonyl (C=O) groups excluding carboxylic acids is 1. The molecule has 1 aromatic heterocycles. The van der Waals surface area contributed by atoms with E-state index >= 15 is 0 Å². The first-order valence-electron chi connectivity index (χ1n) is 8.89. The Hall–Kier alpha value is -1.36. The van der Waals surface area contributed by atoms with E-state index in [1.807, 2.05) is 4.90 Å². The summed E-state index contributed by atoms with van der Waals surface area (Å²) in [6.45, 7) is 3.72. The number of nitrogens with zero attached hydrogens (tertiary/aromatic N) is 1. The molecule has 1 saturated heterocycles. The summed E-state index contributed by atoms with van der Waals surface area (Å²) in [5, 5.41) is 0. The summed E-state index contributed by atoms with van der Waals surface area (Å²) in [7, 11) is 0. The molecule has 4 rings (SSSR count). The third-order valence-electron chi connectivity index (χ3n) is 5.43. The van der Waals surface area contributed by atoms with Crippen LogP contribution in [0.15, 0.2) is 30.3 Å². The van der Waals surface area contributed by atoms with Gasteiger partial charge in [-0.3, -0.25) is 4.79 Å². The number of halogens is 1. The number of thiophene rings is 1. The molecule has 1 aliphatic heterocycles. The van der Waals surface area contributed by atoms with E-state index in [4.69, 9.17) is 5.73 Å². The number of hydrogen-bond donors (Lipinski definition) is 1. The monoisotopic (exact) mass is 376 g/mol. The quantitative estimate of drug-likeness (QED) is 0.856. The van der Waals surface area contributed by atoms with Gasteiger partial charge in [0.05, 0.1) is 4.88 Å². The van der Waals surface area contributed by atoms with Crippen molar-refractivity contribution in [3.8, 4) is 10.4 Å². The summed E-state index contributed by atoms with van der Waals surface area (Å²) in [6.07, 6.45) is 4.31. The minimum absolute atomic E-state index is 0. The third kappa shape index (κ3) is 3.48. The van der Waals surface area contributed by atoms with Gasteiger partial charge < -0.3 is 10.6 Å². The van der Waals surface area contributed by atoms with Gasteiger partial charge in [0, 0.05) is 24.0 Å². The molecule has 134 valence electrons. The Bertz CT molecular complexity index is 771. The minimum atomic E-state index is 0. The Balaban J connectivity index is 0.00000182. The molecule has 2 heterocycles. The molecule has 2 unspecified atom stereocenters. The van der Waals surface area contributed by atoms with Gasteiger partial charge in [-0.25, -0.2) is 0 Å². The average molecular weight is 377 g/mol. The van der Waals surface area contributed by atoms with Gasteiger partial charge in [-0.15, -0.1) is 23.7 Å². The molecule has 2 aromatic rings. The highest BCUT2D eigenvalue weighted by molar-refractivity contribution is 7.17. The van der Waals surface area contributed by atoms with E-state index in [1.54, 1.807) is 11.3 Å². The Labute approximate surface area is 159 Å². The summed E-state index contributed by atoms with van der Waals surface area (Å²) in [5.74, 6) is 0.621. The predicted octanol–water partition coefficient (Wildman–Crippen LogP) is 4.13. The predicted molar refractivity (Wildman–Crippen MR) is 107 cm³/mol. The van der Waals surface area contributed by atoms with E-state index in [9.17, 15) is 4.79 Å². The Morgan fingerprint density at radius 1 is 1.28 bits per heavy atom. The maximum Gasteiger partial charge on any atom is 0.263 e. The fraction of sp³-hybridized carbons (Fsp3) is 0.450. The topological polar surface area (TPSA) is 46.3 Å². The van der Waals surface area contributed by atoms with Crippen molar-refractivity contribution in [2.24, 2.45) is 11.7 Å². The van der Waals surface area contributed by atoms with Gasteiger partial charge >= 0.3 is 0 Å². The fourth-order valence-corrected chi connectivity index (χ4v) is 5.20. The van der Waals surface area contributed by atoms with Crippen LogP contribution in [0, 0.1) is 5.92 Å². The SMILES string of the molecule is CC(N)C1CCCN(C(=O)c2cc3c(s2)-c2ccccc2CC3)C1.Cl. The maximum absolute atomic E-state index is 13.0. The van der Waals surface area contributed by atoms with Gasteiger partial charge in [-0.1, -0.05) is 24.3 Å². The molecule has 2 atom stereocenters. The van der Waals surface area contributed by atoms with Crippen LogP contribution in [-0.2, 0) is 12.8 Å². The zero-order valence-corrected chi connectivity index (χ0v) is 16.2. The molecule has 0 bridgehead atoms. The van der Waals surface area contributed by atoms with Crippen LogP contribution < -0.4 is 5.73 Å². The first kappa shape index (κ1) is 18.4. The zero-order valence-electron chi connectivity index (χ0n) is 14.5. The van der Waals surface area contributed by atoms with Crippen LogP contribution in [0.3, 0.4) is 0 Å². The lowest BCUT2D eigenvalue weighted by molar-refractivity contribution is 0.0666. The Kier molecular flexibility index (Phi) is 5.52. The van der Waals surface area contributed by atoms with Gasteiger partial charge in [-0.05, 0) is 61.3 Å². The lowest BCUT2D eigenvalue weighted by Gasteiger charge is -2.34. The number of benzene rings is 1. The smallest absolute Gasteiger partial charge is 0.263 e. The molecule has 25 heavy (non-hydrogen) atoms. The van der Waals surface area contributed by atoms with Crippen molar-refractivity contribution in [1.82, 2.24) is 4.90 Å². The molecule has 2 aliphatic rings. The fourth-order valence-electron chi connectivity index (χ4n) is 3.96. The molecule has 0 radical (unpaired) electrons. The van der Waals surface area contributed by atoms with Crippen LogP contribution in [-0.4, -0.2) is 29.9 Å². The molecule has 0 spiro atoms. The minimum Gasteiger partial charge on any atom is -0.338 e. The van der Waals surface area contributed by atoms with Gasteiger partial charge in [0.2, 0.25) is 0 Å². The second-order valence-electron chi connectivity index (χ2n) is 7.13. The second-order valence-corrected chi connectivity index (χ2v) is 8.19. The molecular formula is C20H25ClN2OS. The Morgan fingerprint density at radius 2 is 2.04 bits per heavy atom. The van der Waals surface area contributed by atoms with Crippen molar-refractivity contribution in [3.63, 3.8) is 0 Å². The summed E-state index contributed by atoms with van der Waals surface area (Å²) in [6, 6.07) is 10.9. The van der Waals surface area contributed by atoms with E-state index in [0.29, 0.717) is 5.92 Å². The molecule has 5 heteroatoms. The van der Waals surface area contributed by atoms with Crippen molar-refractivity contribution >= 4 is 29.7 Å². The van der Waals surface area contributed by atoms with Crippen molar-refractivity contribution in [3.05, 3.63) is 46.3 Å². The first-order chi connectivity index (χ1) is 11.6. The summed E-state index contributed by atoms with van der Waals surface area (Å²) >= 11 is 1.67. The third-order valence-corrected chi connectivity index (χ3v) is 6.63. The number of hydrogen-bond acceptors (Lipinski definition) is 3. The van der Waals surface area contributed by atoms with Crippen molar-refractivity contribution in [2.45, 2.75) is 38.6 Å². The molecule has 1 aromatic carbocycles. The number of nitrogens with two attached hydrogens (primary N) is 1. The largest absolute Gasteiger partial charge is 0.338 e. The number of amides is 1.